The lowest BCUT2D eigenvalue weighted by molar-refractivity contribution is -0.143. The van der Waals surface area contributed by atoms with E-state index in [1.807, 2.05) is 6.92 Å². The maximum atomic E-state index is 10.6. The summed E-state index contributed by atoms with van der Waals surface area (Å²) < 4.78 is 4.81. The molecule has 0 aliphatic heterocycles. The molecule has 0 fully saturated rings. The molecule has 0 amide bonds. The molecular formula is C6H14O2Si. The van der Waals surface area contributed by atoms with Gasteiger partial charge in [-0.3, -0.25) is 4.79 Å². The molecule has 0 saturated carbocycles. The number of esters is 1. The normalized spacial score (nSPS) is 9.44. The number of carbonyl (C=O) groups is 1. The molecule has 2 nitrogen and oxygen atoms in total. The molecule has 0 spiro atoms. The van der Waals surface area contributed by atoms with Crippen LogP contribution in [0.2, 0.25) is 6.04 Å². The van der Waals surface area contributed by atoms with E-state index in [4.69, 9.17) is 4.74 Å². The van der Waals surface area contributed by atoms with Crippen molar-refractivity contribution >= 4 is 16.2 Å². The summed E-state index contributed by atoms with van der Waals surface area (Å²) in [4.78, 5) is 10.6. The predicted molar refractivity (Wildman–Crippen MR) is 40.6 cm³/mol. The molecule has 0 heterocycles. The summed E-state index contributed by atoms with van der Waals surface area (Å²) >= 11 is 0. The Kier molecular flexibility index (Phi) is 5.61. The zero-order chi connectivity index (χ0) is 7.11. The number of rotatable bonds is 4. The van der Waals surface area contributed by atoms with Gasteiger partial charge in [0.15, 0.2) is 0 Å². The lowest BCUT2D eigenvalue weighted by Gasteiger charge is -1.99. The van der Waals surface area contributed by atoms with E-state index in [0.717, 1.165) is 22.7 Å². The first-order chi connectivity index (χ1) is 4.31. The molecule has 9 heavy (non-hydrogen) atoms. The molecule has 0 aromatic carbocycles. The highest BCUT2D eigenvalue weighted by Crippen LogP contribution is 1.90. The van der Waals surface area contributed by atoms with Crippen molar-refractivity contribution in [2.75, 3.05) is 6.61 Å². The minimum atomic E-state index is -0.0353. The zero-order valence-corrected chi connectivity index (χ0v) is 8.14. The molecule has 54 valence electrons. The van der Waals surface area contributed by atoms with E-state index >= 15 is 0 Å². The van der Waals surface area contributed by atoms with Crippen LogP contribution in [0, 0.1) is 0 Å². The van der Waals surface area contributed by atoms with Crippen LogP contribution in [0.4, 0.5) is 0 Å². The van der Waals surface area contributed by atoms with E-state index in [2.05, 4.69) is 0 Å². The van der Waals surface area contributed by atoms with Crippen LogP contribution in [0.3, 0.4) is 0 Å². The van der Waals surface area contributed by atoms with Gasteiger partial charge in [0, 0.05) is 16.7 Å². The number of carbonyl (C=O) groups excluding carboxylic acids is 1. The highest BCUT2D eigenvalue weighted by molar-refractivity contribution is 6.09. The second-order valence-corrected chi connectivity index (χ2v) is 2.97. The topological polar surface area (TPSA) is 26.3 Å². The second kappa shape index (κ2) is 5.82. The Labute approximate surface area is 59.0 Å². The summed E-state index contributed by atoms with van der Waals surface area (Å²) in [5.41, 5.74) is 0. The zero-order valence-electron chi connectivity index (χ0n) is 6.14. The molecular weight excluding hydrogens is 132 g/mol. The number of hydrogen-bond donors (Lipinski definition) is 0. The second-order valence-electron chi connectivity index (χ2n) is 1.97. The van der Waals surface area contributed by atoms with Crippen molar-refractivity contribution in [2.24, 2.45) is 0 Å². The third-order valence-electron chi connectivity index (χ3n) is 0.921. The van der Waals surface area contributed by atoms with Gasteiger partial charge in [0.1, 0.15) is 0 Å². The van der Waals surface area contributed by atoms with Gasteiger partial charge in [0.05, 0.1) is 6.61 Å². The maximum Gasteiger partial charge on any atom is 0.305 e. The van der Waals surface area contributed by atoms with Gasteiger partial charge in [-0.2, -0.15) is 0 Å². The Morgan fingerprint density at radius 2 is 2.33 bits per heavy atom. The fourth-order valence-corrected chi connectivity index (χ4v) is 0.900. The van der Waals surface area contributed by atoms with Crippen LogP contribution in [0.5, 0.6) is 0 Å². The summed E-state index contributed by atoms with van der Waals surface area (Å²) in [5.74, 6) is -0.0353. The number of hydrogen-bond acceptors (Lipinski definition) is 2. The van der Waals surface area contributed by atoms with E-state index in [1.165, 1.54) is 0 Å². The molecule has 0 aromatic rings. The van der Waals surface area contributed by atoms with Crippen molar-refractivity contribution < 1.29 is 9.53 Å². The Morgan fingerprint density at radius 1 is 1.67 bits per heavy atom. The first-order valence-electron chi connectivity index (χ1n) is 3.46. The van der Waals surface area contributed by atoms with Crippen LogP contribution < -0.4 is 0 Å². The Morgan fingerprint density at radius 3 is 2.78 bits per heavy atom. The lowest BCUT2D eigenvalue weighted by Crippen LogP contribution is -2.03. The van der Waals surface area contributed by atoms with Crippen LogP contribution in [-0.4, -0.2) is 22.8 Å². The van der Waals surface area contributed by atoms with E-state index in [-0.39, 0.29) is 5.97 Å². The van der Waals surface area contributed by atoms with Gasteiger partial charge in [-0.05, 0) is 6.42 Å². The molecule has 0 bridgehead atoms. The van der Waals surface area contributed by atoms with Crippen molar-refractivity contribution in [1.82, 2.24) is 0 Å². The predicted octanol–water partition coefficient (Wildman–Crippen LogP) is 0.113. The molecule has 3 heteroatoms. The molecule has 0 saturated heterocycles. The van der Waals surface area contributed by atoms with Gasteiger partial charge in [-0.1, -0.05) is 13.0 Å². The smallest absolute Gasteiger partial charge is 0.305 e. The van der Waals surface area contributed by atoms with Gasteiger partial charge in [-0.25, -0.2) is 0 Å². The Bertz CT molecular complexity index is 83.1. The van der Waals surface area contributed by atoms with Crippen molar-refractivity contribution in [3.8, 4) is 0 Å². The van der Waals surface area contributed by atoms with Gasteiger partial charge in [-0.15, -0.1) is 0 Å². The molecule has 0 atom stereocenters. The summed E-state index contributed by atoms with van der Waals surface area (Å²) in [6, 6.07) is 1.02. The van der Waals surface area contributed by atoms with Crippen LogP contribution in [0.25, 0.3) is 0 Å². The summed E-state index contributed by atoms with van der Waals surface area (Å²) in [5, 5.41) is 0. The highest BCUT2D eigenvalue weighted by Gasteiger charge is 1.96. The Hall–Kier alpha value is -0.313. The third kappa shape index (κ3) is 5.56. The lowest BCUT2D eigenvalue weighted by atomic mass is 10.5. The van der Waals surface area contributed by atoms with Gasteiger partial charge < -0.3 is 4.74 Å². The minimum absolute atomic E-state index is 0.0353. The number of ether oxygens (including phenoxy) is 1. The van der Waals surface area contributed by atoms with E-state index in [0.29, 0.717) is 13.0 Å². The molecule has 0 aliphatic rings. The average molecular weight is 146 g/mol. The van der Waals surface area contributed by atoms with Crippen LogP contribution in [0.15, 0.2) is 0 Å². The quantitative estimate of drug-likeness (QED) is 0.416. The fourth-order valence-electron chi connectivity index (χ4n) is 0.492. The third-order valence-corrected chi connectivity index (χ3v) is 1.42. The van der Waals surface area contributed by atoms with Crippen molar-refractivity contribution in [3.05, 3.63) is 0 Å². The van der Waals surface area contributed by atoms with Crippen molar-refractivity contribution in [2.45, 2.75) is 25.8 Å². The van der Waals surface area contributed by atoms with E-state index in [1.54, 1.807) is 0 Å². The van der Waals surface area contributed by atoms with E-state index < -0.39 is 0 Å². The summed E-state index contributed by atoms with van der Waals surface area (Å²) in [6.45, 7) is 2.58. The summed E-state index contributed by atoms with van der Waals surface area (Å²) in [7, 11) is 1.09. The average Bonchev–Trinajstić information content (AvgIpc) is 1.85. The molecule has 0 aliphatic carbocycles. The summed E-state index contributed by atoms with van der Waals surface area (Å²) in [6.07, 6.45) is 1.54. The van der Waals surface area contributed by atoms with Crippen molar-refractivity contribution in [3.63, 3.8) is 0 Å². The first kappa shape index (κ1) is 8.69. The molecule has 0 unspecified atom stereocenters. The molecule has 0 N–H and O–H groups in total. The fraction of sp³-hybridized carbons (Fsp3) is 0.833. The van der Waals surface area contributed by atoms with E-state index in [9.17, 15) is 4.79 Å². The Balaban J connectivity index is 3.06. The molecule has 0 aromatic heterocycles. The first-order valence-corrected chi connectivity index (χ1v) is 4.88. The van der Waals surface area contributed by atoms with Gasteiger partial charge in [0.2, 0.25) is 0 Å². The van der Waals surface area contributed by atoms with Gasteiger partial charge >= 0.3 is 5.97 Å². The van der Waals surface area contributed by atoms with Crippen LogP contribution in [-0.2, 0) is 9.53 Å². The maximum absolute atomic E-state index is 10.6. The van der Waals surface area contributed by atoms with Gasteiger partial charge in [0.25, 0.3) is 0 Å². The monoisotopic (exact) mass is 146 g/mol. The van der Waals surface area contributed by atoms with Crippen LogP contribution >= 0.6 is 0 Å². The molecule has 0 radical (unpaired) electrons. The van der Waals surface area contributed by atoms with Crippen molar-refractivity contribution in [1.29, 1.82) is 0 Å². The van der Waals surface area contributed by atoms with Crippen LogP contribution in [0.1, 0.15) is 19.8 Å². The molecule has 0 rings (SSSR count). The highest BCUT2D eigenvalue weighted by atomic mass is 28.1. The standard InChI is InChI=1S/C6H14O2Si/c1-2-4-8-6(7)3-5-9/h2-5H2,1,9H3. The SMILES string of the molecule is CCCOC(=O)CC[SiH3]. The minimum Gasteiger partial charge on any atom is -0.466 e. The largest absolute Gasteiger partial charge is 0.466 e.